The van der Waals surface area contributed by atoms with E-state index in [0.717, 1.165) is 17.3 Å². The molecular formula is C21H23F3N4O. The van der Waals surface area contributed by atoms with Crippen LogP contribution in [0.25, 0.3) is 0 Å². The van der Waals surface area contributed by atoms with Crippen molar-refractivity contribution in [1.29, 1.82) is 0 Å². The van der Waals surface area contributed by atoms with Crippen LogP contribution >= 0.6 is 0 Å². The zero-order valence-corrected chi connectivity index (χ0v) is 16.3. The largest absolute Gasteiger partial charge is 0.433 e. The second-order valence-electron chi connectivity index (χ2n) is 6.83. The van der Waals surface area contributed by atoms with Crippen LogP contribution in [0.5, 0.6) is 0 Å². The van der Waals surface area contributed by atoms with Crippen LogP contribution in [0.3, 0.4) is 0 Å². The fourth-order valence-electron chi connectivity index (χ4n) is 3.02. The Balaban J connectivity index is 1.57. The van der Waals surface area contributed by atoms with Gasteiger partial charge in [-0.25, -0.2) is 0 Å². The lowest BCUT2D eigenvalue weighted by atomic mass is 10.1. The van der Waals surface area contributed by atoms with Gasteiger partial charge in [0.25, 0.3) is 0 Å². The number of likely N-dealkylation sites (N-methyl/N-ethyl adjacent to an activating group) is 1. The predicted molar refractivity (Wildman–Crippen MR) is 103 cm³/mol. The number of aryl methyl sites for hydroxylation is 1. The molecule has 2 aromatic heterocycles. The summed E-state index contributed by atoms with van der Waals surface area (Å²) in [4.78, 5) is 5.48. The van der Waals surface area contributed by atoms with E-state index < -0.39 is 11.9 Å². The Morgan fingerprint density at radius 3 is 2.45 bits per heavy atom. The molecule has 29 heavy (non-hydrogen) atoms. The van der Waals surface area contributed by atoms with Crippen molar-refractivity contribution in [2.24, 2.45) is 7.05 Å². The summed E-state index contributed by atoms with van der Waals surface area (Å²) >= 11 is 0. The van der Waals surface area contributed by atoms with Gasteiger partial charge in [0.1, 0.15) is 11.8 Å². The molecule has 3 rings (SSSR count). The van der Waals surface area contributed by atoms with Crippen molar-refractivity contribution >= 4 is 0 Å². The smallest absolute Gasteiger partial charge is 0.366 e. The molecule has 154 valence electrons. The van der Waals surface area contributed by atoms with Crippen molar-refractivity contribution in [2.75, 3.05) is 20.2 Å². The summed E-state index contributed by atoms with van der Waals surface area (Å²) in [5.74, 6) is 0. The summed E-state index contributed by atoms with van der Waals surface area (Å²) in [6.07, 6.45) is -1.66. The van der Waals surface area contributed by atoms with Crippen LogP contribution in [-0.4, -0.2) is 39.9 Å². The normalized spacial score (nSPS) is 13.0. The van der Waals surface area contributed by atoms with Crippen molar-refractivity contribution in [3.63, 3.8) is 0 Å². The Labute approximate surface area is 167 Å². The van der Waals surface area contributed by atoms with Crippen LogP contribution in [0.15, 0.2) is 60.9 Å². The highest BCUT2D eigenvalue weighted by atomic mass is 19.4. The van der Waals surface area contributed by atoms with Crippen LogP contribution in [0, 0.1) is 0 Å². The summed E-state index contributed by atoms with van der Waals surface area (Å²) in [5, 5.41) is 4.23. The van der Waals surface area contributed by atoms with E-state index in [4.69, 9.17) is 4.74 Å². The molecule has 1 aromatic carbocycles. The highest BCUT2D eigenvalue weighted by Gasteiger charge is 2.32. The first-order valence-corrected chi connectivity index (χ1v) is 9.19. The average Bonchev–Trinajstić information content (AvgIpc) is 3.11. The average molecular weight is 404 g/mol. The van der Waals surface area contributed by atoms with E-state index in [9.17, 15) is 13.2 Å². The number of pyridine rings is 1. The molecule has 0 N–H and O–H groups in total. The van der Waals surface area contributed by atoms with Gasteiger partial charge in [-0.2, -0.15) is 18.3 Å². The lowest BCUT2D eigenvalue weighted by Gasteiger charge is -2.22. The molecule has 0 aliphatic carbocycles. The standard InChI is InChI=1S/C21H23F3N4O/c1-27(15-16-8-9-19(25-14-16)21(22,23)24)12-13-29-20(17-6-4-3-5-7-17)18-10-11-26-28(18)2/h3-11,14,20H,12-13,15H2,1-2H3. The van der Waals surface area contributed by atoms with Crippen LogP contribution in [0.4, 0.5) is 13.2 Å². The second-order valence-corrected chi connectivity index (χ2v) is 6.83. The maximum atomic E-state index is 12.6. The SMILES string of the molecule is CN(CCOC(c1ccccc1)c1ccnn1C)Cc1ccc(C(F)(F)F)nc1. The first kappa shape index (κ1) is 21.0. The number of ether oxygens (including phenoxy) is 1. The molecule has 0 amide bonds. The van der Waals surface area contributed by atoms with Gasteiger partial charge in [-0.05, 0) is 30.3 Å². The number of hydrogen-bond donors (Lipinski definition) is 0. The lowest BCUT2D eigenvalue weighted by molar-refractivity contribution is -0.141. The number of halogens is 3. The van der Waals surface area contributed by atoms with Gasteiger partial charge in [0.2, 0.25) is 0 Å². The summed E-state index contributed by atoms with van der Waals surface area (Å²) in [5.41, 5.74) is 1.82. The van der Waals surface area contributed by atoms with E-state index in [-0.39, 0.29) is 6.10 Å². The molecule has 5 nitrogen and oxygen atoms in total. The van der Waals surface area contributed by atoms with Gasteiger partial charge in [0.05, 0.1) is 12.3 Å². The lowest BCUT2D eigenvalue weighted by Crippen LogP contribution is -2.24. The van der Waals surface area contributed by atoms with Crippen LogP contribution in [0.1, 0.15) is 28.6 Å². The number of rotatable bonds is 8. The molecule has 0 saturated carbocycles. The number of benzene rings is 1. The Kier molecular flexibility index (Phi) is 6.66. The van der Waals surface area contributed by atoms with Gasteiger partial charge in [-0.15, -0.1) is 0 Å². The minimum absolute atomic E-state index is 0.246. The molecule has 3 aromatic rings. The fraction of sp³-hybridized carbons (Fsp3) is 0.333. The minimum atomic E-state index is -4.42. The van der Waals surface area contributed by atoms with E-state index in [1.54, 1.807) is 10.9 Å². The molecular weight excluding hydrogens is 381 g/mol. The Morgan fingerprint density at radius 2 is 1.86 bits per heavy atom. The Bertz CT molecular complexity index is 894. The number of aromatic nitrogens is 3. The molecule has 0 aliphatic heterocycles. The third-order valence-corrected chi connectivity index (χ3v) is 4.55. The van der Waals surface area contributed by atoms with Gasteiger partial charge in [0.15, 0.2) is 0 Å². The van der Waals surface area contributed by atoms with Crippen molar-refractivity contribution in [3.8, 4) is 0 Å². The summed E-state index contributed by atoms with van der Waals surface area (Å²) in [6, 6.07) is 14.3. The van der Waals surface area contributed by atoms with E-state index in [1.807, 2.05) is 55.4 Å². The Morgan fingerprint density at radius 1 is 1.10 bits per heavy atom. The van der Waals surface area contributed by atoms with Gasteiger partial charge in [-0.3, -0.25) is 14.6 Å². The van der Waals surface area contributed by atoms with Crippen molar-refractivity contribution in [2.45, 2.75) is 18.8 Å². The molecule has 8 heteroatoms. The second kappa shape index (κ2) is 9.19. The molecule has 0 aliphatic rings. The molecule has 0 spiro atoms. The molecule has 2 heterocycles. The van der Waals surface area contributed by atoms with Gasteiger partial charge in [0, 0.05) is 32.5 Å². The summed E-state index contributed by atoms with van der Waals surface area (Å²) in [6.45, 7) is 1.55. The number of hydrogen-bond acceptors (Lipinski definition) is 4. The molecule has 1 atom stereocenters. The van der Waals surface area contributed by atoms with E-state index in [0.29, 0.717) is 25.3 Å². The van der Waals surface area contributed by atoms with Crippen molar-refractivity contribution in [3.05, 3.63) is 83.4 Å². The molecule has 0 saturated heterocycles. The van der Waals surface area contributed by atoms with Crippen LogP contribution in [0.2, 0.25) is 0 Å². The third-order valence-electron chi connectivity index (χ3n) is 4.55. The maximum Gasteiger partial charge on any atom is 0.433 e. The quantitative estimate of drug-likeness (QED) is 0.568. The maximum absolute atomic E-state index is 12.6. The van der Waals surface area contributed by atoms with Gasteiger partial charge in [-0.1, -0.05) is 36.4 Å². The van der Waals surface area contributed by atoms with E-state index in [1.165, 1.54) is 12.3 Å². The van der Waals surface area contributed by atoms with E-state index in [2.05, 4.69) is 10.1 Å². The molecule has 1 unspecified atom stereocenters. The summed E-state index contributed by atoms with van der Waals surface area (Å²) in [7, 11) is 3.76. The first-order chi connectivity index (χ1) is 13.8. The predicted octanol–water partition coefficient (Wildman–Crippen LogP) is 4.07. The highest BCUT2D eigenvalue weighted by Crippen LogP contribution is 2.27. The van der Waals surface area contributed by atoms with Crippen molar-refractivity contribution in [1.82, 2.24) is 19.7 Å². The van der Waals surface area contributed by atoms with Crippen LogP contribution in [-0.2, 0) is 24.5 Å². The van der Waals surface area contributed by atoms with Crippen LogP contribution < -0.4 is 0 Å². The monoisotopic (exact) mass is 404 g/mol. The fourth-order valence-corrected chi connectivity index (χ4v) is 3.02. The number of nitrogens with zero attached hydrogens (tertiary/aromatic N) is 4. The highest BCUT2D eigenvalue weighted by molar-refractivity contribution is 5.25. The zero-order valence-electron chi connectivity index (χ0n) is 16.3. The molecule has 0 bridgehead atoms. The third kappa shape index (κ3) is 5.65. The van der Waals surface area contributed by atoms with E-state index >= 15 is 0 Å². The first-order valence-electron chi connectivity index (χ1n) is 9.19. The topological polar surface area (TPSA) is 43.2 Å². The molecule has 0 radical (unpaired) electrons. The van der Waals surface area contributed by atoms with Gasteiger partial charge >= 0.3 is 6.18 Å². The van der Waals surface area contributed by atoms with Crippen molar-refractivity contribution < 1.29 is 17.9 Å². The number of alkyl halides is 3. The van der Waals surface area contributed by atoms with Gasteiger partial charge < -0.3 is 4.74 Å². The Hall–Kier alpha value is -2.71. The molecule has 0 fully saturated rings. The minimum Gasteiger partial charge on any atom is -0.366 e. The summed E-state index contributed by atoms with van der Waals surface area (Å²) < 4.78 is 45.8. The zero-order chi connectivity index (χ0) is 20.9.